The summed E-state index contributed by atoms with van der Waals surface area (Å²) in [7, 11) is 2.78. The maximum atomic E-state index is 12.6. The van der Waals surface area contributed by atoms with E-state index in [1.807, 2.05) is 13.8 Å². The standard InChI is InChI=1S/C13H17FO3.C13H17FO2/c1-10(9-13(15)16-2)7-8-17-12-5-3-11(14)4-6-12;1-10(9-13(15)16-2)3-4-11-5-7-12(14)8-6-11/h3-6,10H,7-9H2,1-2H3;5-8,10H,3-4,9H2,1-2H3. The Bertz CT molecular complexity index is 822. The number of carbonyl (C=O) groups excluding carboxylic acids is 2. The van der Waals surface area contributed by atoms with Crippen molar-refractivity contribution in [2.45, 2.75) is 46.0 Å². The van der Waals surface area contributed by atoms with Crippen LogP contribution in [-0.2, 0) is 25.5 Å². The topological polar surface area (TPSA) is 61.8 Å². The Balaban J connectivity index is 0.000000331. The van der Waals surface area contributed by atoms with Gasteiger partial charge in [0.15, 0.2) is 0 Å². The maximum Gasteiger partial charge on any atom is 0.305 e. The van der Waals surface area contributed by atoms with Gasteiger partial charge in [0.2, 0.25) is 0 Å². The lowest BCUT2D eigenvalue weighted by atomic mass is 9.98. The largest absolute Gasteiger partial charge is 0.494 e. The summed E-state index contributed by atoms with van der Waals surface area (Å²) in [5.74, 6) is 0.255. The van der Waals surface area contributed by atoms with Gasteiger partial charge in [0.1, 0.15) is 17.4 Å². The normalized spacial score (nSPS) is 12.1. The molecule has 33 heavy (non-hydrogen) atoms. The third-order valence-electron chi connectivity index (χ3n) is 5.02. The van der Waals surface area contributed by atoms with Gasteiger partial charge in [0.25, 0.3) is 0 Å². The molecule has 0 saturated heterocycles. The van der Waals surface area contributed by atoms with E-state index in [2.05, 4.69) is 9.47 Å². The summed E-state index contributed by atoms with van der Waals surface area (Å²) < 4.78 is 39.9. The van der Waals surface area contributed by atoms with Crippen molar-refractivity contribution in [3.8, 4) is 5.75 Å². The number of hydrogen-bond donors (Lipinski definition) is 0. The number of methoxy groups -OCH3 is 2. The molecule has 0 amide bonds. The van der Waals surface area contributed by atoms with Gasteiger partial charge in [-0.05, 0) is 73.1 Å². The van der Waals surface area contributed by atoms with Gasteiger partial charge < -0.3 is 14.2 Å². The second-order valence-corrected chi connectivity index (χ2v) is 8.03. The molecular formula is C26H34F2O5. The van der Waals surface area contributed by atoms with Gasteiger partial charge in [-0.3, -0.25) is 9.59 Å². The van der Waals surface area contributed by atoms with E-state index in [-0.39, 0.29) is 35.4 Å². The van der Waals surface area contributed by atoms with E-state index < -0.39 is 0 Å². The van der Waals surface area contributed by atoms with Crippen LogP contribution in [0, 0.1) is 23.5 Å². The maximum absolute atomic E-state index is 12.6. The monoisotopic (exact) mass is 464 g/mol. The first-order chi connectivity index (χ1) is 15.7. The summed E-state index contributed by atoms with van der Waals surface area (Å²) in [5, 5.41) is 0. The Hall–Kier alpha value is -2.96. The SMILES string of the molecule is COC(=O)CC(C)CCOc1ccc(F)cc1.COC(=O)CC(C)CCc1ccc(F)cc1. The second-order valence-electron chi connectivity index (χ2n) is 8.03. The summed E-state index contributed by atoms with van der Waals surface area (Å²) in [6, 6.07) is 12.3. The van der Waals surface area contributed by atoms with Gasteiger partial charge in [-0.1, -0.05) is 26.0 Å². The Morgan fingerprint density at radius 3 is 1.70 bits per heavy atom. The molecule has 2 aromatic rings. The lowest BCUT2D eigenvalue weighted by Gasteiger charge is -2.11. The van der Waals surface area contributed by atoms with E-state index in [1.165, 1.54) is 38.5 Å². The minimum absolute atomic E-state index is 0.174. The number of halogens is 2. The average Bonchev–Trinajstić information content (AvgIpc) is 2.80. The number of aryl methyl sites for hydroxylation is 1. The van der Waals surface area contributed by atoms with Crippen LogP contribution in [0.4, 0.5) is 8.78 Å². The minimum atomic E-state index is -0.281. The fourth-order valence-electron chi connectivity index (χ4n) is 2.91. The molecule has 0 heterocycles. The first-order valence-corrected chi connectivity index (χ1v) is 11.0. The molecule has 2 rings (SSSR count). The van der Waals surface area contributed by atoms with Gasteiger partial charge in [-0.2, -0.15) is 0 Å². The summed E-state index contributed by atoms with van der Waals surface area (Å²) in [5.41, 5.74) is 1.10. The van der Waals surface area contributed by atoms with E-state index in [0.717, 1.165) is 24.8 Å². The number of ether oxygens (including phenoxy) is 3. The van der Waals surface area contributed by atoms with Crippen LogP contribution in [0.1, 0.15) is 45.1 Å². The van der Waals surface area contributed by atoms with E-state index in [4.69, 9.17) is 4.74 Å². The van der Waals surface area contributed by atoms with Gasteiger partial charge in [-0.25, -0.2) is 8.78 Å². The highest BCUT2D eigenvalue weighted by Crippen LogP contribution is 2.15. The highest BCUT2D eigenvalue weighted by Gasteiger charge is 2.10. The number of esters is 2. The summed E-state index contributed by atoms with van der Waals surface area (Å²) in [4.78, 5) is 22.0. The predicted molar refractivity (Wildman–Crippen MR) is 123 cm³/mol. The van der Waals surface area contributed by atoms with Crippen LogP contribution in [0.5, 0.6) is 5.75 Å². The molecule has 0 fully saturated rings. The summed E-state index contributed by atoms with van der Waals surface area (Å²) in [6.45, 7) is 4.48. The highest BCUT2D eigenvalue weighted by atomic mass is 19.1. The van der Waals surface area contributed by atoms with Gasteiger partial charge in [0.05, 0.1) is 20.8 Å². The fourth-order valence-corrected chi connectivity index (χ4v) is 2.91. The zero-order chi connectivity index (χ0) is 24.6. The first kappa shape index (κ1) is 28.1. The van der Waals surface area contributed by atoms with E-state index in [1.54, 1.807) is 24.3 Å². The second kappa shape index (κ2) is 15.8. The van der Waals surface area contributed by atoms with Crippen molar-refractivity contribution in [3.05, 3.63) is 65.7 Å². The third kappa shape index (κ3) is 13.2. The molecule has 0 aliphatic heterocycles. The van der Waals surface area contributed by atoms with Crippen LogP contribution < -0.4 is 4.74 Å². The molecule has 7 heteroatoms. The van der Waals surface area contributed by atoms with E-state index in [9.17, 15) is 18.4 Å². The van der Waals surface area contributed by atoms with Crippen LogP contribution in [0.3, 0.4) is 0 Å². The molecule has 0 aliphatic rings. The number of carbonyl (C=O) groups is 2. The molecule has 0 bridgehead atoms. The molecular weight excluding hydrogens is 430 g/mol. The van der Waals surface area contributed by atoms with Crippen molar-refractivity contribution in [2.75, 3.05) is 20.8 Å². The minimum Gasteiger partial charge on any atom is -0.494 e. The lowest BCUT2D eigenvalue weighted by Crippen LogP contribution is -2.10. The average molecular weight is 465 g/mol. The quantitative estimate of drug-likeness (QED) is 0.396. The number of hydrogen-bond acceptors (Lipinski definition) is 5. The molecule has 182 valence electrons. The molecule has 2 unspecified atom stereocenters. The van der Waals surface area contributed by atoms with Crippen LogP contribution in [0.25, 0.3) is 0 Å². The Labute approximate surface area is 195 Å². The Morgan fingerprint density at radius 2 is 1.21 bits per heavy atom. The van der Waals surface area contributed by atoms with Gasteiger partial charge in [0, 0.05) is 12.8 Å². The van der Waals surface area contributed by atoms with Crippen LogP contribution >= 0.6 is 0 Å². The van der Waals surface area contributed by atoms with Crippen molar-refractivity contribution in [2.24, 2.45) is 11.8 Å². The molecule has 2 aromatic carbocycles. The Morgan fingerprint density at radius 1 is 0.758 bits per heavy atom. The van der Waals surface area contributed by atoms with Crippen molar-refractivity contribution in [3.63, 3.8) is 0 Å². The van der Waals surface area contributed by atoms with Crippen LogP contribution in [0.2, 0.25) is 0 Å². The van der Waals surface area contributed by atoms with Crippen molar-refractivity contribution in [1.82, 2.24) is 0 Å². The highest BCUT2D eigenvalue weighted by molar-refractivity contribution is 5.69. The molecule has 0 aliphatic carbocycles. The zero-order valence-electron chi connectivity index (χ0n) is 19.8. The third-order valence-corrected chi connectivity index (χ3v) is 5.02. The molecule has 5 nitrogen and oxygen atoms in total. The van der Waals surface area contributed by atoms with Crippen molar-refractivity contribution in [1.29, 1.82) is 0 Å². The lowest BCUT2D eigenvalue weighted by molar-refractivity contribution is -0.142. The molecule has 2 atom stereocenters. The van der Waals surface area contributed by atoms with Crippen LogP contribution in [-0.4, -0.2) is 32.8 Å². The molecule has 0 radical (unpaired) electrons. The van der Waals surface area contributed by atoms with Crippen LogP contribution in [0.15, 0.2) is 48.5 Å². The van der Waals surface area contributed by atoms with Crippen molar-refractivity contribution < 1.29 is 32.6 Å². The molecule has 0 spiro atoms. The zero-order valence-corrected chi connectivity index (χ0v) is 19.8. The van der Waals surface area contributed by atoms with Crippen molar-refractivity contribution >= 4 is 11.9 Å². The fraction of sp³-hybridized carbons (Fsp3) is 0.462. The number of rotatable bonds is 11. The summed E-state index contributed by atoms with van der Waals surface area (Å²) >= 11 is 0. The Kier molecular flexibility index (Phi) is 13.4. The smallest absolute Gasteiger partial charge is 0.305 e. The summed E-state index contributed by atoms with van der Waals surface area (Å²) in [6.07, 6.45) is 3.35. The predicted octanol–water partition coefficient (Wildman–Crippen LogP) is 5.75. The van der Waals surface area contributed by atoms with Gasteiger partial charge in [-0.15, -0.1) is 0 Å². The molecule has 0 saturated carbocycles. The first-order valence-electron chi connectivity index (χ1n) is 11.0. The van der Waals surface area contributed by atoms with E-state index in [0.29, 0.717) is 25.2 Å². The van der Waals surface area contributed by atoms with Gasteiger partial charge >= 0.3 is 11.9 Å². The van der Waals surface area contributed by atoms with E-state index >= 15 is 0 Å². The number of benzene rings is 2. The molecule has 0 N–H and O–H groups in total. The molecule has 0 aromatic heterocycles.